The van der Waals surface area contributed by atoms with Gasteiger partial charge >= 0.3 is 0 Å². The second-order valence-electron chi connectivity index (χ2n) is 2.21. The average Bonchev–Trinajstić information content (AvgIpc) is 2.09. The second-order valence-corrected chi connectivity index (χ2v) is 3.02. The van der Waals surface area contributed by atoms with E-state index in [1.165, 1.54) is 5.69 Å². The number of para-hydroxylation sites is 1. The van der Waals surface area contributed by atoms with E-state index in [9.17, 15) is 0 Å². The molecule has 0 heterocycles. The fraction of sp³-hybridized carbons (Fsp3) is 0.333. The molecule has 0 amide bonds. The van der Waals surface area contributed by atoms with Gasteiger partial charge in [0.25, 0.3) is 0 Å². The molecule has 60 valence electrons. The average molecular weight is 167 g/mol. The molecule has 2 heteroatoms. The quantitative estimate of drug-likeness (QED) is 0.637. The molecular weight excluding hydrogens is 154 g/mol. The Morgan fingerprint density at radius 3 is 2.36 bits per heavy atom. The first-order valence-electron chi connectivity index (χ1n) is 3.75. The minimum atomic E-state index is 1.05. The van der Waals surface area contributed by atoms with Crippen molar-refractivity contribution in [3.05, 3.63) is 30.3 Å². The zero-order valence-corrected chi connectivity index (χ0v) is 7.77. The molecule has 0 bridgehead atoms. The molecule has 0 spiro atoms. The van der Waals surface area contributed by atoms with E-state index in [2.05, 4.69) is 41.8 Å². The molecule has 11 heavy (non-hydrogen) atoms. The smallest absolute Gasteiger partial charge is 0.0469 e. The summed E-state index contributed by atoms with van der Waals surface area (Å²) in [6, 6.07) is 10.4. The zero-order chi connectivity index (χ0) is 8.10. The van der Waals surface area contributed by atoms with E-state index in [1.807, 2.05) is 6.07 Å². The van der Waals surface area contributed by atoms with Gasteiger partial charge in [-0.1, -0.05) is 30.1 Å². The monoisotopic (exact) mass is 167 g/mol. The fourth-order valence-corrected chi connectivity index (χ4v) is 1.60. The number of nitrogens with zero attached hydrogens (tertiary/aromatic N) is 1. The minimum Gasteiger partial charge on any atom is -0.317 e. The van der Waals surface area contributed by atoms with Gasteiger partial charge in [0, 0.05) is 18.5 Å². The molecule has 1 rings (SSSR count). The van der Waals surface area contributed by atoms with Gasteiger partial charge in [-0.3, -0.25) is 0 Å². The van der Waals surface area contributed by atoms with Gasteiger partial charge in [-0.2, -0.15) is 0 Å². The summed E-state index contributed by atoms with van der Waals surface area (Å²) in [7, 11) is 0. The van der Waals surface area contributed by atoms with Gasteiger partial charge in [-0.15, -0.1) is 0 Å². The third kappa shape index (κ3) is 2.15. The largest absolute Gasteiger partial charge is 0.317 e. The van der Waals surface area contributed by atoms with Crippen molar-refractivity contribution in [3.63, 3.8) is 0 Å². The van der Waals surface area contributed by atoms with Crippen molar-refractivity contribution in [3.8, 4) is 0 Å². The van der Waals surface area contributed by atoms with Crippen LogP contribution >= 0.6 is 11.9 Å². The first kappa shape index (κ1) is 8.47. The molecule has 0 aliphatic heterocycles. The van der Waals surface area contributed by atoms with Crippen molar-refractivity contribution in [2.45, 2.75) is 6.92 Å². The lowest BCUT2D eigenvalue weighted by molar-refractivity contribution is 1.11. The van der Waals surface area contributed by atoms with Crippen LogP contribution in [0.4, 0.5) is 5.69 Å². The molecule has 0 saturated carbocycles. The van der Waals surface area contributed by atoms with Crippen molar-refractivity contribution in [1.29, 1.82) is 0 Å². The number of hydrogen-bond donors (Lipinski definition) is 0. The molecule has 0 aliphatic rings. The topological polar surface area (TPSA) is 3.24 Å². The molecule has 0 N–H and O–H groups in total. The van der Waals surface area contributed by atoms with Crippen LogP contribution in [0.5, 0.6) is 0 Å². The predicted molar refractivity (Wildman–Crippen MR) is 53.0 cm³/mol. The van der Waals surface area contributed by atoms with Gasteiger partial charge in [0.2, 0.25) is 0 Å². The fourth-order valence-electron chi connectivity index (χ4n) is 1.01. The lowest BCUT2D eigenvalue weighted by atomic mass is 10.3. The van der Waals surface area contributed by atoms with E-state index in [0.29, 0.717) is 0 Å². The number of benzene rings is 1. The first-order chi connectivity index (χ1) is 5.38. The Labute approximate surface area is 72.5 Å². The number of hydrogen-bond acceptors (Lipinski definition) is 2. The summed E-state index contributed by atoms with van der Waals surface area (Å²) in [6.07, 6.45) is 2.09. The first-order valence-corrected chi connectivity index (χ1v) is 4.93. The maximum absolute atomic E-state index is 2.25. The normalized spacial score (nSPS) is 9.64. The molecule has 1 nitrogen and oxygen atoms in total. The van der Waals surface area contributed by atoms with Gasteiger partial charge < -0.3 is 4.31 Å². The Balaban J connectivity index is 2.74. The van der Waals surface area contributed by atoms with Crippen LogP contribution in [0.1, 0.15) is 6.92 Å². The molecule has 1 aromatic rings. The third-order valence-electron chi connectivity index (χ3n) is 1.55. The van der Waals surface area contributed by atoms with Crippen molar-refractivity contribution in [2.75, 3.05) is 17.1 Å². The van der Waals surface area contributed by atoms with Crippen molar-refractivity contribution in [2.24, 2.45) is 0 Å². The van der Waals surface area contributed by atoms with Gasteiger partial charge in [0.05, 0.1) is 0 Å². The second kappa shape index (κ2) is 4.29. The van der Waals surface area contributed by atoms with E-state index in [0.717, 1.165) is 6.54 Å². The Morgan fingerprint density at radius 2 is 1.91 bits per heavy atom. The van der Waals surface area contributed by atoms with E-state index >= 15 is 0 Å². The van der Waals surface area contributed by atoms with Crippen LogP contribution in [0, 0.1) is 0 Å². The standard InChI is InChI=1S/C9H13NS/c1-3-10(11-2)9-7-5-4-6-8-9/h4-8H,3H2,1-2H3. The van der Waals surface area contributed by atoms with Crippen molar-refractivity contribution in [1.82, 2.24) is 0 Å². The number of anilines is 1. The van der Waals surface area contributed by atoms with Crippen LogP contribution in [0.3, 0.4) is 0 Å². The maximum atomic E-state index is 2.25. The van der Waals surface area contributed by atoms with Crippen LogP contribution in [0.2, 0.25) is 0 Å². The molecule has 0 fully saturated rings. The predicted octanol–water partition coefficient (Wildman–Crippen LogP) is 2.79. The summed E-state index contributed by atoms with van der Waals surface area (Å²) in [6.45, 7) is 3.20. The lowest BCUT2D eigenvalue weighted by Gasteiger charge is -2.18. The van der Waals surface area contributed by atoms with Crippen molar-refractivity contribution >= 4 is 17.6 Å². The van der Waals surface area contributed by atoms with E-state index in [4.69, 9.17) is 0 Å². The van der Waals surface area contributed by atoms with Crippen LogP contribution in [0.15, 0.2) is 30.3 Å². The Kier molecular flexibility index (Phi) is 3.30. The molecule has 0 atom stereocenters. The van der Waals surface area contributed by atoms with Gasteiger partial charge in [-0.25, -0.2) is 0 Å². The minimum absolute atomic E-state index is 1.05. The lowest BCUT2D eigenvalue weighted by Crippen LogP contribution is -2.11. The van der Waals surface area contributed by atoms with E-state index in [-0.39, 0.29) is 0 Å². The van der Waals surface area contributed by atoms with Crippen LogP contribution < -0.4 is 4.31 Å². The van der Waals surface area contributed by atoms with Crippen LogP contribution in [-0.4, -0.2) is 12.8 Å². The molecule has 0 aliphatic carbocycles. The summed E-state index contributed by atoms with van der Waals surface area (Å²) in [5.74, 6) is 0. The van der Waals surface area contributed by atoms with Gasteiger partial charge in [-0.05, 0) is 19.1 Å². The molecule has 0 saturated heterocycles. The maximum Gasteiger partial charge on any atom is 0.0469 e. The summed E-state index contributed by atoms with van der Waals surface area (Å²) < 4.78 is 2.25. The summed E-state index contributed by atoms with van der Waals surface area (Å²) in [5.41, 5.74) is 1.28. The highest BCUT2D eigenvalue weighted by Crippen LogP contribution is 2.18. The van der Waals surface area contributed by atoms with Gasteiger partial charge in [0.1, 0.15) is 0 Å². The molecule has 0 aromatic heterocycles. The Hall–Kier alpha value is -0.630. The highest BCUT2D eigenvalue weighted by Gasteiger charge is 1.98. The zero-order valence-electron chi connectivity index (χ0n) is 6.95. The van der Waals surface area contributed by atoms with Crippen LogP contribution in [-0.2, 0) is 0 Å². The van der Waals surface area contributed by atoms with Gasteiger partial charge in [0.15, 0.2) is 0 Å². The molecule has 0 unspecified atom stereocenters. The highest BCUT2D eigenvalue weighted by atomic mass is 32.2. The van der Waals surface area contributed by atoms with Crippen LogP contribution in [0.25, 0.3) is 0 Å². The summed E-state index contributed by atoms with van der Waals surface area (Å²) >= 11 is 1.76. The summed E-state index contributed by atoms with van der Waals surface area (Å²) in [4.78, 5) is 0. The number of rotatable bonds is 3. The van der Waals surface area contributed by atoms with E-state index < -0.39 is 0 Å². The summed E-state index contributed by atoms with van der Waals surface area (Å²) in [5, 5.41) is 0. The highest BCUT2D eigenvalue weighted by molar-refractivity contribution is 7.99. The molecular formula is C9H13NS. The van der Waals surface area contributed by atoms with Crippen molar-refractivity contribution < 1.29 is 0 Å². The van der Waals surface area contributed by atoms with E-state index in [1.54, 1.807) is 11.9 Å². The Bertz CT molecular complexity index is 194. The third-order valence-corrected chi connectivity index (χ3v) is 2.46. The molecule has 1 aromatic carbocycles. The Morgan fingerprint density at radius 1 is 1.27 bits per heavy atom. The SMILES string of the molecule is CCN(SC)c1ccccc1. The molecule has 0 radical (unpaired) electrons.